The van der Waals surface area contributed by atoms with Crippen LogP contribution in [-0.2, 0) is 4.84 Å². The Morgan fingerprint density at radius 3 is 2.80 bits per heavy atom. The van der Waals surface area contributed by atoms with Gasteiger partial charge in [-0.05, 0) is 13.0 Å². The third-order valence-corrected chi connectivity index (χ3v) is 0.877. The molecule has 0 unspecified atom stereocenters. The average molecular weight is 144 g/mol. The summed E-state index contributed by atoms with van der Waals surface area (Å²) in [5.41, 5.74) is 0. The van der Waals surface area contributed by atoms with Gasteiger partial charge in [-0.1, -0.05) is 19.0 Å². The van der Waals surface area contributed by atoms with Gasteiger partial charge in [0.1, 0.15) is 6.61 Å². The summed E-state index contributed by atoms with van der Waals surface area (Å²) in [5.74, 6) is 0.467. The van der Waals surface area contributed by atoms with E-state index in [0.717, 1.165) is 6.54 Å². The molecule has 0 aromatic heterocycles. The molecule has 0 saturated carbocycles. The van der Waals surface area contributed by atoms with Crippen molar-refractivity contribution in [3.05, 3.63) is 0 Å². The molecule has 0 saturated heterocycles. The molecular formula is C7H16N2O. The molecule has 1 N–H and O–H groups in total. The number of rotatable bonds is 5. The van der Waals surface area contributed by atoms with E-state index in [1.54, 1.807) is 6.21 Å². The molecule has 0 amide bonds. The fourth-order valence-corrected chi connectivity index (χ4v) is 0.365. The Bertz CT molecular complexity index is 91.6. The zero-order valence-electron chi connectivity index (χ0n) is 6.92. The summed E-state index contributed by atoms with van der Waals surface area (Å²) in [6.07, 6.45) is 1.79. The zero-order chi connectivity index (χ0) is 7.82. The van der Waals surface area contributed by atoms with Gasteiger partial charge in [-0.25, -0.2) is 0 Å². The van der Waals surface area contributed by atoms with E-state index in [-0.39, 0.29) is 0 Å². The second-order valence-corrected chi connectivity index (χ2v) is 2.44. The van der Waals surface area contributed by atoms with E-state index < -0.39 is 0 Å². The molecule has 0 aliphatic carbocycles. The first-order valence-electron chi connectivity index (χ1n) is 3.57. The van der Waals surface area contributed by atoms with Crippen molar-refractivity contribution in [2.45, 2.75) is 13.8 Å². The van der Waals surface area contributed by atoms with Gasteiger partial charge in [0.2, 0.25) is 0 Å². The van der Waals surface area contributed by atoms with Crippen molar-refractivity contribution >= 4 is 6.21 Å². The molecule has 0 atom stereocenters. The monoisotopic (exact) mass is 144 g/mol. The number of nitrogens with one attached hydrogen (secondary N) is 1. The highest BCUT2D eigenvalue weighted by molar-refractivity contribution is 5.58. The van der Waals surface area contributed by atoms with Crippen molar-refractivity contribution in [1.82, 2.24) is 5.32 Å². The minimum absolute atomic E-state index is 0.467. The van der Waals surface area contributed by atoms with Gasteiger partial charge in [0, 0.05) is 12.8 Å². The Labute approximate surface area is 62.4 Å². The third-order valence-electron chi connectivity index (χ3n) is 0.877. The smallest absolute Gasteiger partial charge is 0.129 e. The van der Waals surface area contributed by atoms with Crippen LogP contribution in [0.2, 0.25) is 0 Å². The van der Waals surface area contributed by atoms with E-state index in [4.69, 9.17) is 4.84 Å². The van der Waals surface area contributed by atoms with Gasteiger partial charge in [-0.15, -0.1) is 0 Å². The largest absolute Gasteiger partial charge is 0.395 e. The van der Waals surface area contributed by atoms with E-state index in [2.05, 4.69) is 24.3 Å². The van der Waals surface area contributed by atoms with Crippen molar-refractivity contribution in [2.75, 3.05) is 20.2 Å². The van der Waals surface area contributed by atoms with Crippen LogP contribution in [0.4, 0.5) is 0 Å². The predicted molar refractivity (Wildman–Crippen MR) is 43.2 cm³/mol. The van der Waals surface area contributed by atoms with Crippen molar-refractivity contribution in [2.24, 2.45) is 11.1 Å². The summed E-state index contributed by atoms with van der Waals surface area (Å²) < 4.78 is 0. The van der Waals surface area contributed by atoms with Crippen LogP contribution in [0.25, 0.3) is 0 Å². The molecule has 0 aromatic carbocycles. The van der Waals surface area contributed by atoms with Gasteiger partial charge in [0.25, 0.3) is 0 Å². The van der Waals surface area contributed by atoms with Crippen molar-refractivity contribution in [1.29, 1.82) is 0 Å². The van der Waals surface area contributed by atoms with Crippen LogP contribution in [0, 0.1) is 5.92 Å². The van der Waals surface area contributed by atoms with Crippen LogP contribution < -0.4 is 5.32 Å². The van der Waals surface area contributed by atoms with Crippen molar-refractivity contribution in [3.8, 4) is 0 Å². The molecule has 3 heteroatoms. The summed E-state index contributed by atoms with van der Waals surface area (Å²) in [6.45, 7) is 5.60. The first-order chi connectivity index (χ1) is 4.77. The number of oxime groups is 1. The number of nitrogens with zero attached hydrogens (tertiary/aromatic N) is 1. The average Bonchev–Trinajstić information content (AvgIpc) is 1.87. The fourth-order valence-electron chi connectivity index (χ4n) is 0.365. The lowest BCUT2D eigenvalue weighted by molar-refractivity contribution is 0.148. The van der Waals surface area contributed by atoms with Crippen LogP contribution >= 0.6 is 0 Å². The van der Waals surface area contributed by atoms with E-state index in [1.165, 1.54) is 0 Å². The maximum atomic E-state index is 4.89. The highest BCUT2D eigenvalue weighted by Crippen LogP contribution is 1.85. The Balaban J connectivity index is 3.02. The Morgan fingerprint density at radius 2 is 2.30 bits per heavy atom. The Hall–Kier alpha value is -0.570. The molecule has 0 aromatic rings. The zero-order valence-corrected chi connectivity index (χ0v) is 6.92. The first kappa shape index (κ1) is 9.43. The summed E-state index contributed by atoms with van der Waals surface area (Å²) in [4.78, 5) is 4.89. The molecule has 10 heavy (non-hydrogen) atoms. The van der Waals surface area contributed by atoms with Crippen LogP contribution in [0.3, 0.4) is 0 Å². The third kappa shape index (κ3) is 7.43. The molecule has 0 rings (SSSR count). The van der Waals surface area contributed by atoms with Gasteiger partial charge in [0.15, 0.2) is 0 Å². The number of hydrogen-bond donors (Lipinski definition) is 1. The standard InChI is InChI=1S/C7H16N2O/c1-7(2)6-9-10-5-4-8-3/h6-8H,4-5H2,1-3H3/b9-6+. The first-order valence-corrected chi connectivity index (χ1v) is 3.57. The second kappa shape index (κ2) is 6.55. The predicted octanol–water partition coefficient (Wildman–Crippen LogP) is 0.864. The molecule has 0 fully saturated rings. The van der Waals surface area contributed by atoms with Crippen molar-refractivity contribution in [3.63, 3.8) is 0 Å². The van der Waals surface area contributed by atoms with Crippen LogP contribution in [-0.4, -0.2) is 26.4 Å². The normalized spacial score (nSPS) is 11.2. The minimum Gasteiger partial charge on any atom is -0.395 e. The molecule has 0 radical (unpaired) electrons. The Morgan fingerprint density at radius 1 is 1.60 bits per heavy atom. The van der Waals surface area contributed by atoms with Gasteiger partial charge >= 0.3 is 0 Å². The van der Waals surface area contributed by atoms with Crippen LogP contribution in [0.1, 0.15) is 13.8 Å². The van der Waals surface area contributed by atoms with Crippen LogP contribution in [0.5, 0.6) is 0 Å². The molecule has 0 aliphatic heterocycles. The number of hydrogen-bond acceptors (Lipinski definition) is 3. The van der Waals surface area contributed by atoms with Crippen molar-refractivity contribution < 1.29 is 4.84 Å². The Kier molecular flexibility index (Phi) is 6.18. The van der Waals surface area contributed by atoms with Gasteiger partial charge in [-0.2, -0.15) is 0 Å². The molecule has 0 spiro atoms. The van der Waals surface area contributed by atoms with E-state index in [0.29, 0.717) is 12.5 Å². The van der Waals surface area contributed by atoms with E-state index >= 15 is 0 Å². The quantitative estimate of drug-likeness (QED) is 0.353. The molecule has 0 aliphatic rings. The van der Waals surface area contributed by atoms with E-state index in [1.807, 2.05) is 7.05 Å². The van der Waals surface area contributed by atoms with Crippen LogP contribution in [0.15, 0.2) is 5.16 Å². The number of likely N-dealkylation sites (N-methyl/N-ethyl adjacent to an activating group) is 1. The second-order valence-electron chi connectivity index (χ2n) is 2.44. The lowest BCUT2D eigenvalue weighted by atomic mass is 10.3. The lowest BCUT2D eigenvalue weighted by Gasteiger charge is -1.97. The molecule has 60 valence electrons. The fraction of sp³-hybridized carbons (Fsp3) is 0.857. The summed E-state index contributed by atoms with van der Waals surface area (Å²) in [5, 5.41) is 6.70. The summed E-state index contributed by atoms with van der Waals surface area (Å²) >= 11 is 0. The minimum atomic E-state index is 0.467. The maximum Gasteiger partial charge on any atom is 0.129 e. The lowest BCUT2D eigenvalue weighted by Crippen LogP contribution is -2.12. The topological polar surface area (TPSA) is 33.6 Å². The van der Waals surface area contributed by atoms with Gasteiger partial charge < -0.3 is 10.2 Å². The molecular weight excluding hydrogens is 128 g/mol. The highest BCUT2D eigenvalue weighted by atomic mass is 16.6. The highest BCUT2D eigenvalue weighted by Gasteiger charge is 1.84. The summed E-state index contributed by atoms with van der Waals surface area (Å²) in [6, 6.07) is 0. The van der Waals surface area contributed by atoms with Gasteiger partial charge in [0.05, 0.1) is 0 Å². The van der Waals surface area contributed by atoms with Gasteiger partial charge in [-0.3, -0.25) is 0 Å². The maximum absolute atomic E-state index is 4.89. The summed E-state index contributed by atoms with van der Waals surface area (Å²) in [7, 11) is 1.88. The molecule has 0 bridgehead atoms. The SMILES string of the molecule is CNCCO/N=C/C(C)C. The molecule has 3 nitrogen and oxygen atoms in total. The molecule has 0 heterocycles. The van der Waals surface area contributed by atoms with E-state index in [9.17, 15) is 0 Å².